The standard InChI is InChI=1S/C15H14BrNO3S/c1-9-7-12(15(19)20)14(21-9)17-13(18)6-5-10-3-2-4-11(16)8-10/h2-4,7-8H,5-6H2,1H3,(H,17,18)(H,19,20). The number of aromatic carboxylic acids is 1. The number of carboxylic acid groups (broad SMARTS) is 1. The number of hydrogen-bond acceptors (Lipinski definition) is 3. The van der Waals surface area contributed by atoms with Gasteiger partial charge >= 0.3 is 5.97 Å². The molecular weight excluding hydrogens is 354 g/mol. The van der Waals surface area contributed by atoms with E-state index < -0.39 is 5.97 Å². The SMILES string of the molecule is Cc1cc(C(=O)O)c(NC(=O)CCc2cccc(Br)c2)s1. The van der Waals surface area contributed by atoms with Crippen molar-refractivity contribution in [3.05, 3.63) is 50.8 Å². The van der Waals surface area contributed by atoms with Gasteiger partial charge in [-0.1, -0.05) is 28.1 Å². The Morgan fingerprint density at radius 3 is 2.76 bits per heavy atom. The fourth-order valence-electron chi connectivity index (χ4n) is 1.91. The van der Waals surface area contributed by atoms with Crippen molar-refractivity contribution >= 4 is 44.1 Å². The lowest BCUT2D eigenvalue weighted by Crippen LogP contribution is -2.13. The van der Waals surface area contributed by atoms with Gasteiger partial charge in [0.1, 0.15) is 5.00 Å². The Balaban J connectivity index is 1.97. The van der Waals surface area contributed by atoms with Crippen molar-refractivity contribution in [3.8, 4) is 0 Å². The van der Waals surface area contributed by atoms with E-state index in [9.17, 15) is 9.59 Å². The van der Waals surface area contributed by atoms with Crippen LogP contribution in [0.5, 0.6) is 0 Å². The van der Waals surface area contributed by atoms with Crippen LogP contribution in [0.1, 0.15) is 27.2 Å². The molecule has 2 aromatic rings. The molecule has 110 valence electrons. The van der Waals surface area contributed by atoms with Crippen LogP contribution in [0.25, 0.3) is 0 Å². The number of hydrogen-bond donors (Lipinski definition) is 2. The number of halogens is 1. The Morgan fingerprint density at radius 2 is 2.10 bits per heavy atom. The lowest BCUT2D eigenvalue weighted by molar-refractivity contribution is -0.116. The number of aryl methyl sites for hydroxylation is 2. The van der Waals surface area contributed by atoms with Crippen LogP contribution in [0.15, 0.2) is 34.8 Å². The van der Waals surface area contributed by atoms with E-state index in [1.54, 1.807) is 6.07 Å². The first-order valence-electron chi connectivity index (χ1n) is 6.33. The molecule has 0 spiro atoms. The fraction of sp³-hybridized carbons (Fsp3) is 0.200. The predicted octanol–water partition coefficient (Wildman–Crippen LogP) is 4.09. The number of carboxylic acids is 1. The van der Waals surface area contributed by atoms with Crippen LogP contribution in [-0.2, 0) is 11.2 Å². The van der Waals surface area contributed by atoms with Crippen molar-refractivity contribution < 1.29 is 14.7 Å². The van der Waals surface area contributed by atoms with Crippen molar-refractivity contribution in [2.75, 3.05) is 5.32 Å². The molecule has 2 rings (SSSR count). The van der Waals surface area contributed by atoms with Gasteiger partial charge in [0.2, 0.25) is 5.91 Å². The second-order valence-corrected chi connectivity index (χ2v) is 6.76. The lowest BCUT2D eigenvalue weighted by Gasteiger charge is -2.05. The molecule has 0 aliphatic rings. The number of anilines is 1. The van der Waals surface area contributed by atoms with Gasteiger partial charge in [-0.2, -0.15) is 0 Å². The van der Waals surface area contributed by atoms with Crippen LogP contribution in [0.4, 0.5) is 5.00 Å². The van der Waals surface area contributed by atoms with E-state index in [1.807, 2.05) is 31.2 Å². The van der Waals surface area contributed by atoms with Crippen LogP contribution < -0.4 is 5.32 Å². The van der Waals surface area contributed by atoms with Gasteiger partial charge in [-0.3, -0.25) is 4.79 Å². The summed E-state index contributed by atoms with van der Waals surface area (Å²) >= 11 is 4.66. The Labute approximate surface area is 134 Å². The normalized spacial score (nSPS) is 10.4. The molecule has 0 aliphatic carbocycles. The van der Waals surface area contributed by atoms with Crippen LogP contribution >= 0.6 is 27.3 Å². The molecule has 4 nitrogen and oxygen atoms in total. The zero-order chi connectivity index (χ0) is 15.4. The first-order chi connectivity index (χ1) is 9.95. The summed E-state index contributed by atoms with van der Waals surface area (Å²) in [5.74, 6) is -1.21. The summed E-state index contributed by atoms with van der Waals surface area (Å²) in [6.07, 6.45) is 0.921. The summed E-state index contributed by atoms with van der Waals surface area (Å²) in [4.78, 5) is 23.9. The number of benzene rings is 1. The van der Waals surface area contributed by atoms with Crippen molar-refractivity contribution in [1.82, 2.24) is 0 Å². The van der Waals surface area contributed by atoms with Crippen LogP contribution in [0.3, 0.4) is 0 Å². The van der Waals surface area contributed by atoms with Crippen molar-refractivity contribution in [2.45, 2.75) is 19.8 Å². The lowest BCUT2D eigenvalue weighted by atomic mass is 10.1. The molecule has 2 N–H and O–H groups in total. The van der Waals surface area contributed by atoms with Gasteiger partial charge in [-0.25, -0.2) is 4.79 Å². The first kappa shape index (κ1) is 15.7. The Bertz CT molecular complexity index is 681. The molecule has 0 fully saturated rings. The maximum atomic E-state index is 11.9. The van der Waals surface area contributed by atoms with Crippen molar-refractivity contribution in [2.24, 2.45) is 0 Å². The maximum absolute atomic E-state index is 11.9. The highest BCUT2D eigenvalue weighted by atomic mass is 79.9. The van der Waals surface area contributed by atoms with Crippen molar-refractivity contribution in [3.63, 3.8) is 0 Å². The van der Waals surface area contributed by atoms with Gasteiger partial charge in [-0.05, 0) is 37.1 Å². The Morgan fingerprint density at radius 1 is 1.33 bits per heavy atom. The van der Waals surface area contributed by atoms with E-state index in [1.165, 1.54) is 11.3 Å². The second-order valence-electron chi connectivity index (χ2n) is 4.58. The average molecular weight is 368 g/mol. The van der Waals surface area contributed by atoms with E-state index >= 15 is 0 Å². The minimum Gasteiger partial charge on any atom is -0.478 e. The summed E-state index contributed by atoms with van der Waals surface area (Å²) in [6, 6.07) is 9.33. The summed E-state index contributed by atoms with van der Waals surface area (Å²) in [6.45, 7) is 1.81. The number of amides is 1. The molecule has 0 unspecified atom stereocenters. The summed E-state index contributed by atoms with van der Waals surface area (Å²) < 4.78 is 0.974. The molecule has 0 saturated carbocycles. The molecule has 0 radical (unpaired) electrons. The number of thiophene rings is 1. The molecule has 0 atom stereocenters. The first-order valence-corrected chi connectivity index (χ1v) is 7.94. The monoisotopic (exact) mass is 367 g/mol. The van der Waals surface area contributed by atoms with E-state index in [0.717, 1.165) is 14.9 Å². The summed E-state index contributed by atoms with van der Waals surface area (Å²) in [7, 11) is 0. The molecule has 1 aromatic heterocycles. The van der Waals surface area contributed by atoms with Crippen LogP contribution in [-0.4, -0.2) is 17.0 Å². The van der Waals surface area contributed by atoms with Gasteiger partial charge in [0.15, 0.2) is 0 Å². The van der Waals surface area contributed by atoms with Gasteiger partial charge in [0.25, 0.3) is 0 Å². The molecule has 1 aromatic carbocycles. The molecular formula is C15H14BrNO3S. The Hall–Kier alpha value is -1.66. The maximum Gasteiger partial charge on any atom is 0.338 e. The fourth-order valence-corrected chi connectivity index (χ4v) is 3.27. The quantitative estimate of drug-likeness (QED) is 0.836. The molecule has 0 bridgehead atoms. The van der Waals surface area contributed by atoms with Crippen LogP contribution in [0.2, 0.25) is 0 Å². The molecule has 1 amide bonds. The average Bonchev–Trinajstić information content (AvgIpc) is 2.77. The van der Waals surface area contributed by atoms with E-state index in [2.05, 4.69) is 21.2 Å². The number of rotatable bonds is 5. The van der Waals surface area contributed by atoms with Gasteiger partial charge in [0, 0.05) is 15.8 Å². The van der Waals surface area contributed by atoms with Gasteiger partial charge < -0.3 is 10.4 Å². The largest absolute Gasteiger partial charge is 0.478 e. The zero-order valence-electron chi connectivity index (χ0n) is 11.4. The number of carbonyl (C=O) groups excluding carboxylic acids is 1. The third-order valence-electron chi connectivity index (χ3n) is 2.87. The third-order valence-corrected chi connectivity index (χ3v) is 4.33. The summed E-state index contributed by atoms with van der Waals surface area (Å²) in [5, 5.41) is 12.2. The molecule has 0 aliphatic heterocycles. The minimum atomic E-state index is -1.03. The molecule has 6 heteroatoms. The second kappa shape index (κ2) is 6.87. The predicted molar refractivity (Wildman–Crippen MR) is 87.1 cm³/mol. The highest BCUT2D eigenvalue weighted by molar-refractivity contribution is 9.10. The van der Waals surface area contributed by atoms with E-state index in [-0.39, 0.29) is 11.5 Å². The van der Waals surface area contributed by atoms with Gasteiger partial charge in [0.05, 0.1) is 5.56 Å². The third kappa shape index (κ3) is 4.41. The minimum absolute atomic E-state index is 0.147. The van der Waals surface area contributed by atoms with Gasteiger partial charge in [-0.15, -0.1) is 11.3 Å². The molecule has 0 saturated heterocycles. The summed E-state index contributed by atoms with van der Waals surface area (Å²) in [5.41, 5.74) is 1.20. The number of nitrogens with one attached hydrogen (secondary N) is 1. The van der Waals surface area contributed by atoms with E-state index in [0.29, 0.717) is 17.8 Å². The smallest absolute Gasteiger partial charge is 0.338 e. The highest BCUT2D eigenvalue weighted by Gasteiger charge is 2.15. The van der Waals surface area contributed by atoms with E-state index in [4.69, 9.17) is 5.11 Å². The highest BCUT2D eigenvalue weighted by Crippen LogP contribution is 2.27. The number of carbonyl (C=O) groups is 2. The van der Waals surface area contributed by atoms with Crippen molar-refractivity contribution in [1.29, 1.82) is 0 Å². The van der Waals surface area contributed by atoms with Crippen LogP contribution in [0, 0.1) is 6.92 Å². The molecule has 1 heterocycles. The Kier molecular flexibility index (Phi) is 5.14. The topological polar surface area (TPSA) is 66.4 Å². The molecule has 21 heavy (non-hydrogen) atoms. The zero-order valence-corrected chi connectivity index (χ0v) is 13.8.